The molecular weight excluding hydrogens is 332 g/mol. The van der Waals surface area contributed by atoms with Crippen molar-refractivity contribution in [3.8, 4) is 0 Å². The molecule has 50 valence electrons. The topological polar surface area (TPSA) is 21.3 Å². The van der Waals surface area contributed by atoms with Gasteiger partial charge in [-0.05, 0) is 0 Å². The van der Waals surface area contributed by atoms with Crippen LogP contribution < -0.4 is 24.7 Å². The van der Waals surface area contributed by atoms with E-state index in [0.717, 1.165) is 6.61 Å². The second-order valence-electron chi connectivity index (χ2n) is 1.49. The average molecular weight is 340 g/mol. The van der Waals surface area contributed by atoms with E-state index in [0.29, 0.717) is 25.4 Å². The van der Waals surface area contributed by atoms with E-state index in [9.17, 15) is 0 Å². The van der Waals surface area contributed by atoms with E-state index in [2.05, 4.69) is 26.4 Å². The van der Waals surface area contributed by atoms with E-state index in [1.807, 2.05) is 0 Å². The number of nitrogens with one attached hydrogen (secondary N) is 1. The van der Waals surface area contributed by atoms with E-state index < -0.39 is 0 Å². The summed E-state index contributed by atoms with van der Waals surface area (Å²) in [6, 6.07) is 0. The van der Waals surface area contributed by atoms with Gasteiger partial charge in [-0.1, -0.05) is 0 Å². The maximum absolute atomic E-state index is 5.36. The SMILES string of the molecule is INC1OCCC[I-]1. The molecule has 0 spiro atoms. The Morgan fingerprint density at radius 2 is 2.62 bits per heavy atom. The minimum absolute atomic E-state index is 0.308. The summed E-state index contributed by atoms with van der Waals surface area (Å²) in [6.07, 6.45) is 1.28. The third-order valence-corrected chi connectivity index (χ3v) is 5.49. The normalized spacial score (nSPS) is 31.4. The second-order valence-corrected chi connectivity index (χ2v) is 5.21. The summed E-state index contributed by atoms with van der Waals surface area (Å²) in [5, 5.41) is 0. The van der Waals surface area contributed by atoms with Crippen molar-refractivity contribution in [1.82, 2.24) is 3.53 Å². The number of rotatable bonds is 1. The van der Waals surface area contributed by atoms with Gasteiger partial charge < -0.3 is 0 Å². The van der Waals surface area contributed by atoms with E-state index in [1.54, 1.807) is 0 Å². The molecule has 8 heavy (non-hydrogen) atoms. The van der Waals surface area contributed by atoms with Crippen LogP contribution in [-0.4, -0.2) is 15.3 Å². The number of hydrogen-bond acceptors (Lipinski definition) is 2. The van der Waals surface area contributed by atoms with Crippen molar-refractivity contribution in [3.63, 3.8) is 0 Å². The first-order valence-corrected chi connectivity index (χ1v) is 6.34. The molecule has 1 N–H and O–H groups in total. The van der Waals surface area contributed by atoms with Crippen LogP contribution in [0.5, 0.6) is 0 Å². The number of hydrogen-bond donors (Lipinski definition) is 1. The van der Waals surface area contributed by atoms with Gasteiger partial charge in [-0.2, -0.15) is 0 Å². The van der Waals surface area contributed by atoms with E-state index in [1.165, 1.54) is 10.8 Å². The number of alkyl halides is 2. The predicted molar refractivity (Wildman–Crippen MR) is 36.4 cm³/mol. The van der Waals surface area contributed by atoms with Crippen molar-refractivity contribution >= 4 is 22.9 Å². The third kappa shape index (κ3) is 2.32. The average Bonchev–Trinajstić information content (AvgIpc) is 1.90. The van der Waals surface area contributed by atoms with Crippen molar-refractivity contribution in [2.24, 2.45) is 0 Å². The van der Waals surface area contributed by atoms with Crippen LogP contribution in [0, 0.1) is 0 Å². The Morgan fingerprint density at radius 1 is 1.75 bits per heavy atom. The molecule has 0 amide bonds. The van der Waals surface area contributed by atoms with Crippen LogP contribution in [0.25, 0.3) is 0 Å². The standard InChI is InChI=1S/C4H8I2NO/c5-7-4-6-2-1-3-8-4/h4,7H,1-3H2/q-1. The predicted octanol–water partition coefficient (Wildman–Crippen LogP) is -2.28. The summed E-state index contributed by atoms with van der Waals surface area (Å²) < 4.78 is 10.3. The zero-order chi connectivity index (χ0) is 5.82. The van der Waals surface area contributed by atoms with E-state index in [4.69, 9.17) is 4.74 Å². The molecule has 1 unspecified atom stereocenters. The van der Waals surface area contributed by atoms with Crippen LogP contribution in [0.3, 0.4) is 0 Å². The molecule has 1 aliphatic heterocycles. The fraction of sp³-hybridized carbons (Fsp3) is 1.00. The number of ether oxygens (including phenoxy) is 1. The van der Waals surface area contributed by atoms with Gasteiger partial charge in [0.15, 0.2) is 0 Å². The van der Waals surface area contributed by atoms with Crippen LogP contribution in [0.4, 0.5) is 0 Å². The van der Waals surface area contributed by atoms with Gasteiger partial charge in [0.25, 0.3) is 0 Å². The van der Waals surface area contributed by atoms with E-state index >= 15 is 0 Å². The Labute approximate surface area is 73.5 Å². The molecule has 1 aliphatic rings. The molecule has 1 saturated heterocycles. The molecule has 0 radical (unpaired) electrons. The van der Waals surface area contributed by atoms with Gasteiger partial charge in [0.05, 0.1) is 0 Å². The molecule has 1 atom stereocenters. The molecule has 2 nitrogen and oxygen atoms in total. The zero-order valence-corrected chi connectivity index (χ0v) is 8.68. The van der Waals surface area contributed by atoms with Gasteiger partial charge in [-0.25, -0.2) is 0 Å². The van der Waals surface area contributed by atoms with Crippen molar-refractivity contribution in [1.29, 1.82) is 0 Å². The summed E-state index contributed by atoms with van der Waals surface area (Å²) in [5.41, 5.74) is 0. The molecule has 0 aromatic carbocycles. The summed E-state index contributed by atoms with van der Waals surface area (Å²) in [4.78, 5) is 0. The first kappa shape index (κ1) is 7.49. The van der Waals surface area contributed by atoms with Gasteiger partial charge in [-0.15, -0.1) is 0 Å². The maximum atomic E-state index is 5.36. The molecule has 0 aliphatic carbocycles. The molecule has 0 saturated carbocycles. The Kier molecular flexibility index (Phi) is 3.96. The fourth-order valence-electron chi connectivity index (χ4n) is 0.523. The Morgan fingerprint density at radius 3 is 3.00 bits per heavy atom. The summed E-state index contributed by atoms with van der Waals surface area (Å²) in [7, 11) is 0. The Bertz CT molecular complexity index is 65.1. The van der Waals surface area contributed by atoms with Crippen molar-refractivity contribution in [2.75, 3.05) is 11.0 Å². The fourth-order valence-corrected chi connectivity index (χ4v) is 3.81. The van der Waals surface area contributed by atoms with Crippen molar-refractivity contribution in [2.45, 2.75) is 10.7 Å². The van der Waals surface area contributed by atoms with Gasteiger partial charge in [0.2, 0.25) is 0 Å². The summed E-state index contributed by atoms with van der Waals surface area (Å²) >= 11 is 2.47. The first-order valence-electron chi connectivity index (χ1n) is 2.49. The van der Waals surface area contributed by atoms with Gasteiger partial charge in [-0.3, -0.25) is 0 Å². The molecule has 4 heteroatoms. The second kappa shape index (κ2) is 4.24. The van der Waals surface area contributed by atoms with Crippen LogP contribution in [0.15, 0.2) is 0 Å². The molecule has 1 fully saturated rings. The van der Waals surface area contributed by atoms with Crippen LogP contribution in [-0.2, 0) is 4.74 Å². The third-order valence-electron chi connectivity index (χ3n) is 0.877. The van der Waals surface area contributed by atoms with Gasteiger partial charge in [0.1, 0.15) is 0 Å². The quantitative estimate of drug-likeness (QED) is 0.251. The van der Waals surface area contributed by atoms with E-state index in [-0.39, 0.29) is 0 Å². The minimum atomic E-state index is 0.308. The van der Waals surface area contributed by atoms with Crippen molar-refractivity contribution in [3.05, 3.63) is 0 Å². The first-order chi connectivity index (χ1) is 3.93. The monoisotopic (exact) mass is 340 g/mol. The van der Waals surface area contributed by atoms with Crippen LogP contribution >= 0.6 is 22.9 Å². The van der Waals surface area contributed by atoms with Crippen LogP contribution in [0.1, 0.15) is 6.42 Å². The summed E-state index contributed by atoms with van der Waals surface area (Å²) in [6.45, 7) is 0.959. The van der Waals surface area contributed by atoms with Crippen LogP contribution in [0.2, 0.25) is 0 Å². The zero-order valence-electron chi connectivity index (χ0n) is 4.36. The molecule has 1 rings (SSSR count). The Hall–Kier alpha value is 1.38. The molecule has 1 heterocycles. The Balaban J connectivity index is 2.13. The van der Waals surface area contributed by atoms with Crippen molar-refractivity contribution < 1.29 is 25.9 Å². The number of halogens is 2. The molecular formula is C4H8I2NO-. The van der Waals surface area contributed by atoms with Gasteiger partial charge >= 0.3 is 74.0 Å². The molecule has 0 aromatic rings. The molecule has 0 bridgehead atoms. The molecule has 0 aromatic heterocycles. The van der Waals surface area contributed by atoms with Gasteiger partial charge in [0, 0.05) is 0 Å². The summed E-state index contributed by atoms with van der Waals surface area (Å²) in [5.74, 6) is 0.